The van der Waals surface area contributed by atoms with Gasteiger partial charge in [0.25, 0.3) is 0 Å². The molecule has 3 atom stereocenters. The Bertz CT molecular complexity index is 151. The summed E-state index contributed by atoms with van der Waals surface area (Å²) in [7, 11) is 0. The Labute approximate surface area is 84.8 Å². The third-order valence-corrected chi connectivity index (χ3v) is 2.35. The quantitative estimate of drug-likeness (QED) is 0.646. The van der Waals surface area contributed by atoms with E-state index in [2.05, 4.69) is 6.92 Å². The van der Waals surface area contributed by atoms with Gasteiger partial charge in [0, 0.05) is 19.4 Å². The van der Waals surface area contributed by atoms with Crippen molar-refractivity contribution in [3.63, 3.8) is 0 Å². The molecule has 0 aromatic rings. The maximum atomic E-state index is 9.47. The molecule has 1 aliphatic rings. The number of hydrogen-bond donors (Lipinski definition) is 2. The maximum Gasteiger partial charge on any atom is 0.160 e. The number of ether oxygens (including phenoxy) is 2. The summed E-state index contributed by atoms with van der Waals surface area (Å²) in [5, 5.41) is 18.4. The Balaban J connectivity index is 2.23. The molecule has 4 heteroatoms. The first-order valence-electron chi connectivity index (χ1n) is 5.32. The van der Waals surface area contributed by atoms with E-state index in [1.165, 1.54) is 0 Å². The Morgan fingerprint density at radius 3 is 2.86 bits per heavy atom. The third-order valence-electron chi connectivity index (χ3n) is 2.35. The van der Waals surface area contributed by atoms with Crippen molar-refractivity contribution in [3.05, 3.63) is 0 Å². The molecule has 1 rings (SSSR count). The minimum Gasteiger partial charge on any atom is -0.394 e. The van der Waals surface area contributed by atoms with Crippen molar-refractivity contribution in [1.82, 2.24) is 0 Å². The van der Waals surface area contributed by atoms with Gasteiger partial charge in [-0.3, -0.25) is 0 Å². The van der Waals surface area contributed by atoms with Crippen LogP contribution >= 0.6 is 0 Å². The predicted octanol–water partition coefficient (Wildman–Crippen LogP) is 0.661. The molecule has 4 nitrogen and oxygen atoms in total. The van der Waals surface area contributed by atoms with Gasteiger partial charge in [-0.25, -0.2) is 0 Å². The lowest BCUT2D eigenvalue weighted by atomic mass is 10.1. The summed E-state index contributed by atoms with van der Waals surface area (Å²) in [6.07, 6.45) is 2.07. The number of hydrogen-bond acceptors (Lipinski definition) is 4. The van der Waals surface area contributed by atoms with Gasteiger partial charge in [0.2, 0.25) is 0 Å². The number of aliphatic hydroxyl groups is 2. The number of unbranched alkanes of at least 4 members (excludes halogenated alkanes) is 1. The summed E-state index contributed by atoms with van der Waals surface area (Å²) in [5.74, 6) is 0. The van der Waals surface area contributed by atoms with Crippen molar-refractivity contribution in [1.29, 1.82) is 0 Å². The minimum atomic E-state index is -0.410. The van der Waals surface area contributed by atoms with Crippen molar-refractivity contribution in [2.75, 3.05) is 13.2 Å². The molecule has 0 aromatic heterocycles. The van der Waals surface area contributed by atoms with E-state index in [4.69, 9.17) is 14.6 Å². The van der Waals surface area contributed by atoms with Gasteiger partial charge in [-0.05, 0) is 6.42 Å². The molecule has 2 N–H and O–H groups in total. The molecule has 3 unspecified atom stereocenters. The van der Waals surface area contributed by atoms with Gasteiger partial charge in [-0.1, -0.05) is 13.3 Å². The van der Waals surface area contributed by atoms with Gasteiger partial charge in [-0.2, -0.15) is 0 Å². The largest absolute Gasteiger partial charge is 0.394 e. The molecule has 0 radical (unpaired) electrons. The molecular formula is C10H20O4. The summed E-state index contributed by atoms with van der Waals surface area (Å²) in [5.41, 5.74) is 0. The summed E-state index contributed by atoms with van der Waals surface area (Å²) in [6.45, 7) is 2.70. The van der Waals surface area contributed by atoms with Crippen LogP contribution in [0.15, 0.2) is 0 Å². The maximum absolute atomic E-state index is 9.47. The van der Waals surface area contributed by atoms with Crippen LogP contribution in [0.25, 0.3) is 0 Å². The van der Waals surface area contributed by atoms with E-state index in [9.17, 15) is 5.11 Å². The monoisotopic (exact) mass is 204 g/mol. The van der Waals surface area contributed by atoms with Crippen LogP contribution < -0.4 is 0 Å². The van der Waals surface area contributed by atoms with E-state index >= 15 is 0 Å². The fourth-order valence-corrected chi connectivity index (χ4v) is 1.53. The summed E-state index contributed by atoms with van der Waals surface area (Å²) in [4.78, 5) is 0. The number of rotatable bonds is 5. The molecule has 0 aliphatic carbocycles. The van der Waals surface area contributed by atoms with Crippen LogP contribution in [0.5, 0.6) is 0 Å². The molecule has 1 aliphatic heterocycles. The second-order valence-corrected chi connectivity index (χ2v) is 3.72. The van der Waals surface area contributed by atoms with E-state index in [1.54, 1.807) is 0 Å². The van der Waals surface area contributed by atoms with Crippen LogP contribution in [0.4, 0.5) is 0 Å². The summed E-state index contributed by atoms with van der Waals surface area (Å²) >= 11 is 0. The molecule has 0 amide bonds. The van der Waals surface area contributed by atoms with Crippen LogP contribution in [0.2, 0.25) is 0 Å². The van der Waals surface area contributed by atoms with Gasteiger partial charge in [0.15, 0.2) is 6.29 Å². The van der Waals surface area contributed by atoms with E-state index < -0.39 is 6.10 Å². The molecule has 1 fully saturated rings. The number of aliphatic hydroxyl groups excluding tert-OH is 2. The predicted molar refractivity (Wildman–Crippen MR) is 51.8 cm³/mol. The first kappa shape index (κ1) is 11.9. The zero-order chi connectivity index (χ0) is 10.4. The molecular weight excluding hydrogens is 184 g/mol. The van der Waals surface area contributed by atoms with Crippen LogP contribution in [-0.4, -0.2) is 41.9 Å². The highest BCUT2D eigenvalue weighted by Gasteiger charge is 2.28. The first-order chi connectivity index (χ1) is 6.76. The van der Waals surface area contributed by atoms with Crippen LogP contribution in [0.3, 0.4) is 0 Å². The average molecular weight is 204 g/mol. The average Bonchev–Trinajstić information content (AvgIpc) is 2.17. The fraction of sp³-hybridized carbons (Fsp3) is 1.00. The molecule has 84 valence electrons. The minimum absolute atomic E-state index is 0.0509. The van der Waals surface area contributed by atoms with Gasteiger partial charge in [0.05, 0.1) is 18.8 Å². The van der Waals surface area contributed by atoms with E-state index in [-0.39, 0.29) is 19.0 Å². The van der Waals surface area contributed by atoms with Crippen LogP contribution in [0, 0.1) is 0 Å². The molecule has 1 heterocycles. The van der Waals surface area contributed by atoms with Crippen molar-refractivity contribution < 1.29 is 19.7 Å². The normalized spacial score (nSPS) is 33.2. The molecule has 1 saturated heterocycles. The van der Waals surface area contributed by atoms with Crippen molar-refractivity contribution in [2.45, 2.75) is 51.1 Å². The lowest BCUT2D eigenvalue weighted by molar-refractivity contribution is -0.221. The third kappa shape index (κ3) is 3.92. The van der Waals surface area contributed by atoms with Crippen LogP contribution in [-0.2, 0) is 9.47 Å². The second-order valence-electron chi connectivity index (χ2n) is 3.72. The van der Waals surface area contributed by atoms with Gasteiger partial charge < -0.3 is 19.7 Å². The standard InChI is InChI=1S/C10H20O4/c1-2-3-4-13-10-6-8(12)5-9(7-11)14-10/h8-12H,2-7H2,1H3. The van der Waals surface area contributed by atoms with E-state index in [0.29, 0.717) is 19.4 Å². The first-order valence-corrected chi connectivity index (χ1v) is 5.32. The molecule has 0 spiro atoms. The van der Waals surface area contributed by atoms with Crippen LogP contribution in [0.1, 0.15) is 32.6 Å². The Morgan fingerprint density at radius 2 is 2.21 bits per heavy atom. The zero-order valence-electron chi connectivity index (χ0n) is 8.69. The lowest BCUT2D eigenvalue weighted by Crippen LogP contribution is -2.39. The fourth-order valence-electron chi connectivity index (χ4n) is 1.53. The highest BCUT2D eigenvalue weighted by Crippen LogP contribution is 2.20. The van der Waals surface area contributed by atoms with E-state index in [1.807, 2.05) is 0 Å². The second kappa shape index (κ2) is 6.35. The summed E-state index contributed by atoms with van der Waals surface area (Å²) < 4.78 is 10.9. The molecule has 14 heavy (non-hydrogen) atoms. The lowest BCUT2D eigenvalue weighted by Gasteiger charge is -2.31. The van der Waals surface area contributed by atoms with Crippen molar-refractivity contribution >= 4 is 0 Å². The van der Waals surface area contributed by atoms with Gasteiger partial charge >= 0.3 is 0 Å². The smallest absolute Gasteiger partial charge is 0.160 e. The Morgan fingerprint density at radius 1 is 1.43 bits per heavy atom. The van der Waals surface area contributed by atoms with Crippen molar-refractivity contribution in [3.8, 4) is 0 Å². The summed E-state index contributed by atoms with van der Waals surface area (Å²) in [6, 6.07) is 0. The molecule has 0 bridgehead atoms. The highest BCUT2D eigenvalue weighted by atomic mass is 16.7. The van der Waals surface area contributed by atoms with Crippen molar-refractivity contribution in [2.24, 2.45) is 0 Å². The molecule has 0 saturated carbocycles. The van der Waals surface area contributed by atoms with E-state index in [0.717, 1.165) is 12.8 Å². The van der Waals surface area contributed by atoms with Gasteiger partial charge in [0.1, 0.15) is 0 Å². The topological polar surface area (TPSA) is 58.9 Å². The van der Waals surface area contributed by atoms with Gasteiger partial charge in [-0.15, -0.1) is 0 Å². The highest BCUT2D eigenvalue weighted by molar-refractivity contribution is 4.72. The molecule has 0 aromatic carbocycles. The Hall–Kier alpha value is -0.160. The Kier molecular flexibility index (Phi) is 5.40. The SMILES string of the molecule is CCCCOC1CC(O)CC(CO)O1. The zero-order valence-corrected chi connectivity index (χ0v) is 8.69.